The number of hydrogen-bond acceptors (Lipinski definition) is 4. The van der Waals surface area contributed by atoms with E-state index in [0.717, 1.165) is 32.7 Å². The Bertz CT molecular complexity index is 1690. The summed E-state index contributed by atoms with van der Waals surface area (Å²) >= 11 is 12.2. The third kappa shape index (κ3) is 6.85. The van der Waals surface area contributed by atoms with Crippen LogP contribution >= 0.6 is 23.2 Å². The number of benzene rings is 5. The van der Waals surface area contributed by atoms with Gasteiger partial charge in [0.15, 0.2) is 6.10 Å². The fourth-order valence-corrected chi connectivity index (χ4v) is 5.04. The average Bonchev–Trinajstić information content (AvgIpc) is 2.98. The summed E-state index contributed by atoms with van der Waals surface area (Å²) in [7, 11) is 0. The van der Waals surface area contributed by atoms with Crippen molar-refractivity contribution in [2.45, 2.75) is 25.5 Å². The molecule has 0 aliphatic carbocycles. The molecule has 0 fully saturated rings. The second kappa shape index (κ2) is 12.9. The monoisotopic (exact) mass is 583 g/mol. The van der Waals surface area contributed by atoms with Crippen LogP contribution in [0.25, 0.3) is 21.5 Å². The molecule has 0 spiro atoms. The Morgan fingerprint density at radius 2 is 1.46 bits per heavy atom. The van der Waals surface area contributed by atoms with Gasteiger partial charge in [-0.2, -0.15) is 5.10 Å². The number of amides is 2. The highest BCUT2D eigenvalue weighted by Crippen LogP contribution is 2.29. The predicted molar refractivity (Wildman–Crippen MR) is 166 cm³/mol. The van der Waals surface area contributed by atoms with Gasteiger partial charge in [0.25, 0.3) is 11.8 Å². The van der Waals surface area contributed by atoms with E-state index in [1.165, 1.54) is 6.07 Å². The molecule has 0 unspecified atom stereocenters. The highest BCUT2D eigenvalue weighted by molar-refractivity contribution is 6.35. The van der Waals surface area contributed by atoms with E-state index in [0.29, 0.717) is 10.8 Å². The third-order valence-corrected chi connectivity index (χ3v) is 7.19. The van der Waals surface area contributed by atoms with Gasteiger partial charge >= 0.3 is 0 Å². The van der Waals surface area contributed by atoms with Gasteiger partial charge < -0.3 is 10.1 Å². The average molecular weight is 585 g/mol. The van der Waals surface area contributed by atoms with E-state index in [-0.39, 0.29) is 11.4 Å². The van der Waals surface area contributed by atoms with E-state index in [4.69, 9.17) is 27.9 Å². The third-order valence-electron chi connectivity index (χ3n) is 6.66. The van der Waals surface area contributed by atoms with Crippen LogP contribution in [0.5, 0.6) is 5.75 Å². The first-order valence-electron chi connectivity index (χ1n) is 13.1. The molecule has 5 rings (SSSR count). The number of hydrazone groups is 1. The van der Waals surface area contributed by atoms with Crippen molar-refractivity contribution in [1.82, 2.24) is 10.7 Å². The van der Waals surface area contributed by atoms with Crippen molar-refractivity contribution in [3.63, 3.8) is 0 Å². The van der Waals surface area contributed by atoms with Gasteiger partial charge in [-0.05, 0) is 58.3 Å². The number of ether oxygens (including phenoxy) is 1. The van der Waals surface area contributed by atoms with Crippen LogP contribution in [0.15, 0.2) is 108 Å². The van der Waals surface area contributed by atoms with E-state index in [2.05, 4.69) is 21.9 Å². The van der Waals surface area contributed by atoms with Crippen LogP contribution < -0.4 is 15.5 Å². The molecular weight excluding hydrogens is 557 g/mol. The molecule has 6 nitrogen and oxygen atoms in total. The fraction of sp³-hybridized carbons (Fsp3) is 0.121. The van der Waals surface area contributed by atoms with Crippen molar-refractivity contribution < 1.29 is 14.3 Å². The van der Waals surface area contributed by atoms with E-state index >= 15 is 0 Å². The summed E-state index contributed by atoms with van der Waals surface area (Å²) in [4.78, 5) is 26.5. The number of halogens is 2. The van der Waals surface area contributed by atoms with Gasteiger partial charge in [0.2, 0.25) is 0 Å². The minimum atomic E-state index is -0.926. The maximum absolute atomic E-state index is 13.4. The van der Waals surface area contributed by atoms with Gasteiger partial charge in [0.05, 0.1) is 11.2 Å². The van der Waals surface area contributed by atoms with Crippen molar-refractivity contribution in [3.8, 4) is 5.75 Å². The van der Waals surface area contributed by atoms with Crippen LogP contribution in [0.3, 0.4) is 0 Å². The van der Waals surface area contributed by atoms with Crippen molar-refractivity contribution in [2.75, 3.05) is 0 Å². The number of carbonyl (C=O) groups excluding carboxylic acids is 2. The lowest BCUT2D eigenvalue weighted by Gasteiger charge is -2.21. The zero-order chi connectivity index (χ0) is 28.8. The lowest BCUT2D eigenvalue weighted by Crippen LogP contribution is -2.50. The van der Waals surface area contributed by atoms with E-state index in [1.54, 1.807) is 25.3 Å². The summed E-state index contributed by atoms with van der Waals surface area (Å²) in [6.45, 7) is 1.58. The summed E-state index contributed by atoms with van der Waals surface area (Å²) in [5.41, 5.74) is 4.40. The SMILES string of the molecule is C[C@H](Oc1ccc(Cl)cc1Cl)C(=O)N[C@@H](Cc1ccccc1)C(=O)N/N=C\c1c2ccccc2cc2ccccc12. The lowest BCUT2D eigenvalue weighted by atomic mass is 9.97. The maximum atomic E-state index is 13.4. The van der Waals surface area contributed by atoms with E-state index < -0.39 is 24.0 Å². The fourth-order valence-electron chi connectivity index (χ4n) is 4.59. The molecule has 0 aliphatic heterocycles. The molecule has 0 aromatic heterocycles. The Morgan fingerprint density at radius 1 is 0.829 bits per heavy atom. The molecule has 0 bridgehead atoms. The number of hydrogen-bond donors (Lipinski definition) is 2. The minimum absolute atomic E-state index is 0.263. The first-order chi connectivity index (χ1) is 19.9. The Labute approximate surface area is 247 Å². The standard InChI is InChI=1S/C33H27Cl2N3O3/c1-21(41-31-16-15-25(34)19-29(31)35)32(39)37-30(17-22-9-3-2-4-10-22)33(40)38-36-20-28-26-13-7-5-11-23(26)18-24-12-6-8-14-27(24)28/h2-16,18-21,30H,17H2,1H3,(H,37,39)(H,38,40)/b36-20-/t21-,30-/m0/s1. The van der Waals surface area contributed by atoms with Gasteiger partial charge in [-0.25, -0.2) is 5.43 Å². The van der Waals surface area contributed by atoms with Gasteiger partial charge in [-0.1, -0.05) is 102 Å². The van der Waals surface area contributed by atoms with Crippen molar-refractivity contribution in [2.24, 2.45) is 5.10 Å². The second-order valence-electron chi connectivity index (χ2n) is 9.55. The van der Waals surface area contributed by atoms with Crippen molar-refractivity contribution >= 4 is 62.8 Å². The molecule has 0 heterocycles. The summed E-state index contributed by atoms with van der Waals surface area (Å²) in [5, 5.41) is 12.0. The highest BCUT2D eigenvalue weighted by Gasteiger charge is 2.25. The molecule has 8 heteroatoms. The predicted octanol–water partition coefficient (Wildman–Crippen LogP) is 6.94. The molecule has 2 N–H and O–H groups in total. The van der Waals surface area contributed by atoms with Crippen LogP contribution in [-0.4, -0.2) is 30.2 Å². The number of rotatable bonds is 9. The molecule has 2 atom stereocenters. The first-order valence-corrected chi connectivity index (χ1v) is 13.8. The molecule has 0 radical (unpaired) electrons. The smallest absolute Gasteiger partial charge is 0.262 e. The molecule has 5 aromatic carbocycles. The van der Waals surface area contributed by atoms with E-state index in [1.807, 2.05) is 78.9 Å². The normalized spacial score (nSPS) is 12.8. The molecule has 41 heavy (non-hydrogen) atoms. The van der Waals surface area contributed by atoms with Crippen LogP contribution in [0, 0.1) is 0 Å². The largest absolute Gasteiger partial charge is 0.479 e. The van der Waals surface area contributed by atoms with Crippen molar-refractivity contribution in [3.05, 3.63) is 124 Å². The maximum Gasteiger partial charge on any atom is 0.262 e. The molecular formula is C33H27Cl2N3O3. The van der Waals surface area contributed by atoms with Crippen LogP contribution in [0.4, 0.5) is 0 Å². The minimum Gasteiger partial charge on any atom is -0.479 e. The van der Waals surface area contributed by atoms with Crippen molar-refractivity contribution in [1.29, 1.82) is 0 Å². The van der Waals surface area contributed by atoms with Gasteiger partial charge in [-0.3, -0.25) is 9.59 Å². The van der Waals surface area contributed by atoms with Crippen LogP contribution in [0.1, 0.15) is 18.1 Å². The number of fused-ring (bicyclic) bond motifs is 2. The number of nitrogens with one attached hydrogen (secondary N) is 2. The molecule has 0 saturated carbocycles. The molecule has 0 saturated heterocycles. The van der Waals surface area contributed by atoms with E-state index in [9.17, 15) is 9.59 Å². The van der Waals surface area contributed by atoms with Gasteiger partial charge in [-0.15, -0.1) is 0 Å². The molecule has 206 valence electrons. The summed E-state index contributed by atoms with van der Waals surface area (Å²) in [6, 6.07) is 31.5. The zero-order valence-corrected chi connectivity index (χ0v) is 23.7. The summed E-state index contributed by atoms with van der Waals surface area (Å²) < 4.78 is 5.75. The van der Waals surface area contributed by atoms with Gasteiger partial charge in [0.1, 0.15) is 11.8 Å². The summed E-state index contributed by atoms with van der Waals surface area (Å²) in [6.07, 6.45) is 0.989. The van der Waals surface area contributed by atoms with Crippen LogP contribution in [-0.2, 0) is 16.0 Å². The first kappa shape index (κ1) is 28.1. The Kier molecular flexibility index (Phi) is 8.82. The Balaban J connectivity index is 1.35. The topological polar surface area (TPSA) is 79.8 Å². The zero-order valence-electron chi connectivity index (χ0n) is 22.2. The highest BCUT2D eigenvalue weighted by atomic mass is 35.5. The van der Waals surface area contributed by atoms with Crippen LogP contribution in [0.2, 0.25) is 10.0 Å². The van der Waals surface area contributed by atoms with Gasteiger partial charge in [0, 0.05) is 17.0 Å². The Morgan fingerprint density at radius 3 is 2.12 bits per heavy atom. The molecule has 2 amide bonds. The second-order valence-corrected chi connectivity index (χ2v) is 10.4. The summed E-state index contributed by atoms with van der Waals surface area (Å²) in [5.74, 6) is -0.620. The number of carbonyl (C=O) groups is 2. The lowest BCUT2D eigenvalue weighted by molar-refractivity contribution is -0.132. The Hall–Kier alpha value is -4.39. The molecule has 5 aromatic rings. The quantitative estimate of drug-likeness (QED) is 0.112. The molecule has 0 aliphatic rings. The number of nitrogens with zero attached hydrogens (tertiary/aromatic N) is 1.